The summed E-state index contributed by atoms with van der Waals surface area (Å²) in [5, 5.41) is 10.3. The molecule has 1 saturated heterocycles. The summed E-state index contributed by atoms with van der Waals surface area (Å²) in [5.41, 5.74) is 0.943. The van der Waals surface area contributed by atoms with Crippen molar-refractivity contribution in [2.24, 2.45) is 0 Å². The predicted octanol–water partition coefficient (Wildman–Crippen LogP) is 3.55. The van der Waals surface area contributed by atoms with Crippen LogP contribution in [0.25, 0.3) is 10.9 Å². The summed E-state index contributed by atoms with van der Waals surface area (Å²) < 4.78 is 5.48. The van der Waals surface area contributed by atoms with E-state index in [2.05, 4.69) is 11.0 Å². The van der Waals surface area contributed by atoms with Crippen molar-refractivity contribution in [2.45, 2.75) is 32.8 Å². The van der Waals surface area contributed by atoms with Crippen LogP contribution >= 0.6 is 0 Å². The van der Waals surface area contributed by atoms with Crippen molar-refractivity contribution >= 4 is 22.8 Å². The van der Waals surface area contributed by atoms with Gasteiger partial charge in [0.2, 0.25) is 0 Å². The minimum atomic E-state index is -0.495. The number of para-hydroxylation sites is 1. The number of anilines is 1. The number of ether oxygens (including phenoxy) is 1. The molecule has 0 saturated carbocycles. The van der Waals surface area contributed by atoms with Gasteiger partial charge in [0.1, 0.15) is 11.4 Å². The fourth-order valence-electron chi connectivity index (χ4n) is 3.07. The second-order valence-corrected chi connectivity index (χ2v) is 7.46. The molecule has 2 heterocycles. The number of pyridine rings is 1. The number of nitriles is 1. The van der Waals surface area contributed by atoms with Crippen molar-refractivity contribution in [2.75, 3.05) is 31.1 Å². The van der Waals surface area contributed by atoms with Gasteiger partial charge in [-0.05, 0) is 39.3 Å². The molecule has 1 aromatic carbocycles. The lowest BCUT2D eigenvalue weighted by atomic mass is 10.1. The number of amides is 1. The van der Waals surface area contributed by atoms with Gasteiger partial charge in [-0.1, -0.05) is 18.2 Å². The number of carbonyl (C=O) groups is 1. The van der Waals surface area contributed by atoms with Crippen molar-refractivity contribution < 1.29 is 9.53 Å². The molecule has 1 fully saturated rings. The van der Waals surface area contributed by atoms with Gasteiger partial charge in [0.25, 0.3) is 0 Å². The van der Waals surface area contributed by atoms with Gasteiger partial charge >= 0.3 is 6.09 Å². The van der Waals surface area contributed by atoms with Crippen LogP contribution in [0.3, 0.4) is 0 Å². The van der Waals surface area contributed by atoms with E-state index in [4.69, 9.17) is 9.72 Å². The van der Waals surface area contributed by atoms with Crippen LogP contribution in [0.5, 0.6) is 0 Å². The Balaban J connectivity index is 1.78. The number of hydrogen-bond donors (Lipinski definition) is 0. The molecule has 0 spiro atoms. The van der Waals surface area contributed by atoms with Gasteiger partial charge in [-0.25, -0.2) is 9.78 Å². The van der Waals surface area contributed by atoms with Gasteiger partial charge in [0.15, 0.2) is 0 Å². The van der Waals surface area contributed by atoms with Gasteiger partial charge in [0.05, 0.1) is 17.1 Å². The van der Waals surface area contributed by atoms with Crippen LogP contribution in [-0.4, -0.2) is 47.8 Å². The SMILES string of the molecule is CC(C)(C)OC(=O)N1CCCN(c2cc(C#N)c3ccccc3n2)CC1. The highest BCUT2D eigenvalue weighted by atomic mass is 16.6. The van der Waals surface area contributed by atoms with Gasteiger partial charge in [-0.3, -0.25) is 0 Å². The van der Waals surface area contributed by atoms with Gasteiger partial charge < -0.3 is 14.5 Å². The molecule has 6 heteroatoms. The molecule has 0 atom stereocenters. The monoisotopic (exact) mass is 352 g/mol. The highest BCUT2D eigenvalue weighted by Crippen LogP contribution is 2.23. The molecule has 6 nitrogen and oxygen atoms in total. The largest absolute Gasteiger partial charge is 0.444 e. The molecular weight excluding hydrogens is 328 g/mol. The number of hydrogen-bond acceptors (Lipinski definition) is 5. The lowest BCUT2D eigenvalue weighted by molar-refractivity contribution is 0.0263. The summed E-state index contributed by atoms with van der Waals surface area (Å²) in [6.45, 7) is 8.30. The molecule has 1 aliphatic heterocycles. The molecule has 26 heavy (non-hydrogen) atoms. The zero-order valence-corrected chi connectivity index (χ0v) is 15.5. The van der Waals surface area contributed by atoms with Gasteiger partial charge in [-0.2, -0.15) is 5.26 Å². The average Bonchev–Trinajstić information content (AvgIpc) is 2.85. The predicted molar refractivity (Wildman–Crippen MR) is 101 cm³/mol. The summed E-state index contributed by atoms with van der Waals surface area (Å²) in [5.74, 6) is 0.784. The molecule has 0 N–H and O–H groups in total. The first kappa shape index (κ1) is 18.0. The van der Waals surface area contributed by atoms with Crippen molar-refractivity contribution in [3.05, 3.63) is 35.9 Å². The van der Waals surface area contributed by atoms with E-state index < -0.39 is 5.60 Å². The van der Waals surface area contributed by atoms with Crippen LogP contribution in [0.4, 0.5) is 10.6 Å². The van der Waals surface area contributed by atoms with Gasteiger partial charge in [-0.15, -0.1) is 0 Å². The quantitative estimate of drug-likeness (QED) is 0.785. The summed E-state index contributed by atoms with van der Waals surface area (Å²) in [7, 11) is 0. The number of nitrogens with zero attached hydrogens (tertiary/aromatic N) is 4. The Hall–Kier alpha value is -2.81. The lowest BCUT2D eigenvalue weighted by Crippen LogP contribution is -2.39. The maximum atomic E-state index is 12.3. The van der Waals surface area contributed by atoms with Crippen molar-refractivity contribution in [1.82, 2.24) is 9.88 Å². The maximum Gasteiger partial charge on any atom is 0.410 e. The molecule has 1 aromatic heterocycles. The van der Waals surface area contributed by atoms with Crippen LogP contribution in [-0.2, 0) is 4.74 Å². The first-order valence-electron chi connectivity index (χ1n) is 8.90. The van der Waals surface area contributed by atoms with E-state index in [1.165, 1.54) is 0 Å². The zero-order valence-electron chi connectivity index (χ0n) is 15.5. The van der Waals surface area contributed by atoms with Crippen LogP contribution in [0.2, 0.25) is 0 Å². The lowest BCUT2D eigenvalue weighted by Gasteiger charge is -2.26. The minimum absolute atomic E-state index is 0.275. The second kappa shape index (κ2) is 7.20. The topological polar surface area (TPSA) is 69.5 Å². The number of carbonyl (C=O) groups excluding carboxylic acids is 1. The first-order valence-corrected chi connectivity index (χ1v) is 8.90. The van der Waals surface area contributed by atoms with Gasteiger partial charge in [0, 0.05) is 31.6 Å². The third-order valence-corrected chi connectivity index (χ3v) is 4.29. The Bertz CT molecular complexity index is 851. The van der Waals surface area contributed by atoms with Crippen LogP contribution < -0.4 is 4.90 Å². The molecule has 1 amide bonds. The van der Waals surface area contributed by atoms with Crippen LogP contribution in [0.1, 0.15) is 32.8 Å². The fraction of sp³-hybridized carbons (Fsp3) is 0.450. The van der Waals surface area contributed by atoms with Crippen molar-refractivity contribution in [3.8, 4) is 6.07 Å². The Kier molecular flexibility index (Phi) is 4.99. The van der Waals surface area contributed by atoms with Crippen LogP contribution in [0, 0.1) is 11.3 Å². The van der Waals surface area contributed by atoms with E-state index in [0.29, 0.717) is 25.2 Å². The molecule has 136 valence electrons. The number of benzene rings is 1. The Labute approximate surface area is 154 Å². The van der Waals surface area contributed by atoms with E-state index >= 15 is 0 Å². The molecule has 2 aromatic rings. The number of fused-ring (bicyclic) bond motifs is 1. The Morgan fingerprint density at radius 3 is 2.69 bits per heavy atom. The zero-order chi connectivity index (χ0) is 18.7. The summed E-state index contributed by atoms with van der Waals surface area (Å²) in [6, 6.07) is 11.8. The Morgan fingerprint density at radius 2 is 1.96 bits per heavy atom. The molecule has 1 aliphatic rings. The standard InChI is InChI=1S/C20H24N4O2/c1-20(2,3)26-19(25)24-10-6-9-23(11-12-24)18-13-15(14-21)16-7-4-5-8-17(16)22-18/h4-5,7-8,13H,6,9-12H2,1-3H3. The minimum Gasteiger partial charge on any atom is -0.444 e. The normalized spacial score (nSPS) is 15.5. The molecule has 3 rings (SSSR count). The van der Waals surface area contributed by atoms with E-state index in [0.717, 1.165) is 29.7 Å². The first-order chi connectivity index (χ1) is 12.4. The van der Waals surface area contributed by atoms with Crippen molar-refractivity contribution in [3.63, 3.8) is 0 Å². The number of rotatable bonds is 1. The third kappa shape index (κ3) is 4.05. The maximum absolute atomic E-state index is 12.3. The van der Waals surface area contributed by atoms with E-state index in [9.17, 15) is 10.1 Å². The summed E-state index contributed by atoms with van der Waals surface area (Å²) >= 11 is 0. The molecule has 0 bridgehead atoms. The van der Waals surface area contributed by atoms with E-state index in [1.807, 2.05) is 51.1 Å². The number of aromatic nitrogens is 1. The summed E-state index contributed by atoms with van der Waals surface area (Å²) in [6.07, 6.45) is 0.554. The molecule has 0 unspecified atom stereocenters. The Morgan fingerprint density at radius 1 is 1.19 bits per heavy atom. The summed E-state index contributed by atoms with van der Waals surface area (Å²) in [4.78, 5) is 20.9. The second-order valence-electron chi connectivity index (χ2n) is 7.46. The van der Waals surface area contributed by atoms with E-state index in [1.54, 1.807) is 4.90 Å². The fourth-order valence-corrected chi connectivity index (χ4v) is 3.07. The molecular formula is C20H24N4O2. The molecule has 0 aliphatic carbocycles. The molecule has 0 radical (unpaired) electrons. The van der Waals surface area contributed by atoms with Crippen molar-refractivity contribution in [1.29, 1.82) is 5.26 Å². The third-order valence-electron chi connectivity index (χ3n) is 4.29. The highest BCUT2D eigenvalue weighted by molar-refractivity contribution is 5.86. The smallest absolute Gasteiger partial charge is 0.410 e. The average molecular weight is 352 g/mol. The van der Waals surface area contributed by atoms with Crippen LogP contribution in [0.15, 0.2) is 30.3 Å². The van der Waals surface area contributed by atoms with E-state index in [-0.39, 0.29) is 6.09 Å². The highest BCUT2D eigenvalue weighted by Gasteiger charge is 2.25.